The molecule has 0 radical (unpaired) electrons. The topological polar surface area (TPSA) is 85.2 Å². The van der Waals surface area contributed by atoms with E-state index in [4.69, 9.17) is 14.2 Å². The number of ether oxygens (including phenoxy) is 3. The summed E-state index contributed by atoms with van der Waals surface area (Å²) < 4.78 is 18.2. The highest BCUT2D eigenvalue weighted by Gasteiger charge is 2.45. The molecule has 6 heteroatoms. The molecule has 1 aliphatic heterocycles. The van der Waals surface area contributed by atoms with Gasteiger partial charge in [0.05, 0.1) is 31.3 Å². The van der Waals surface area contributed by atoms with Crippen molar-refractivity contribution in [2.75, 3.05) is 13.2 Å². The van der Waals surface area contributed by atoms with E-state index in [0.29, 0.717) is 13.2 Å². The van der Waals surface area contributed by atoms with Crippen LogP contribution in [0.15, 0.2) is 48.5 Å². The van der Waals surface area contributed by atoms with Gasteiger partial charge in [-0.1, -0.05) is 48.5 Å². The van der Waals surface area contributed by atoms with E-state index in [1.165, 1.54) is 0 Å². The van der Waals surface area contributed by atoms with Gasteiger partial charge in [0, 0.05) is 12.0 Å². The van der Waals surface area contributed by atoms with E-state index < -0.39 is 11.6 Å². The Morgan fingerprint density at radius 3 is 2.67 bits per heavy atom. The molecule has 6 nitrogen and oxygen atoms in total. The highest BCUT2D eigenvalue weighted by molar-refractivity contribution is 5.68. The molecule has 2 aromatic carbocycles. The number of aliphatic hydroxyl groups is 1. The molecule has 2 fully saturated rings. The van der Waals surface area contributed by atoms with E-state index in [1.807, 2.05) is 38.1 Å². The van der Waals surface area contributed by atoms with Crippen molar-refractivity contribution in [3.8, 4) is 0 Å². The second kappa shape index (κ2) is 11.9. The fourth-order valence-electron chi connectivity index (χ4n) is 5.03. The van der Waals surface area contributed by atoms with Gasteiger partial charge in [-0.2, -0.15) is 0 Å². The Labute approximate surface area is 214 Å². The van der Waals surface area contributed by atoms with Crippen LogP contribution in [0.4, 0.5) is 0 Å². The summed E-state index contributed by atoms with van der Waals surface area (Å²) >= 11 is 0. The smallest absolute Gasteiger partial charge is 0.303 e. The van der Waals surface area contributed by atoms with Gasteiger partial charge in [0.25, 0.3) is 0 Å². The van der Waals surface area contributed by atoms with Gasteiger partial charge >= 0.3 is 5.97 Å². The highest BCUT2D eigenvalue weighted by atomic mass is 16.7. The zero-order valence-corrected chi connectivity index (χ0v) is 21.6. The van der Waals surface area contributed by atoms with Gasteiger partial charge in [0.15, 0.2) is 6.29 Å². The Kier molecular flexibility index (Phi) is 8.83. The van der Waals surface area contributed by atoms with Crippen LogP contribution < -0.4 is 0 Å². The van der Waals surface area contributed by atoms with Crippen LogP contribution in [0.25, 0.3) is 0 Å². The Hall–Kier alpha value is -2.25. The standard InChI is InChI=1S/C30H40O6/c1-29(2,33)25-11-4-3-9-23(25)13-14-26(36-21-30(15-16-30)19-27(31)32)24-10-7-8-22(18-24)20-35-28-12-5-6-17-34-28/h3-4,7-11,18,26,28,33H,5-6,12-17,19-21H2,1-2H3,(H,31,32)/t26-,28?/m1/s1. The van der Waals surface area contributed by atoms with Crippen LogP contribution in [-0.4, -0.2) is 35.7 Å². The summed E-state index contributed by atoms with van der Waals surface area (Å²) in [5.41, 5.74) is 2.98. The number of carbonyl (C=O) groups is 1. The Balaban J connectivity index is 1.47. The predicted molar refractivity (Wildman–Crippen MR) is 137 cm³/mol. The summed E-state index contributed by atoms with van der Waals surface area (Å²) in [6.07, 6.45) is 6.23. The normalized spacial score (nSPS) is 20.1. The average molecular weight is 497 g/mol. The van der Waals surface area contributed by atoms with E-state index in [9.17, 15) is 15.0 Å². The number of benzene rings is 2. The molecule has 1 aliphatic carbocycles. The molecule has 1 saturated carbocycles. The van der Waals surface area contributed by atoms with Crippen molar-refractivity contribution in [1.29, 1.82) is 0 Å². The quantitative estimate of drug-likeness (QED) is 0.359. The Bertz CT molecular complexity index is 1000. The second-order valence-corrected chi connectivity index (χ2v) is 11.0. The molecule has 2 aromatic rings. The lowest BCUT2D eigenvalue weighted by molar-refractivity contribution is -0.168. The summed E-state index contributed by atoms with van der Waals surface area (Å²) in [6.45, 7) is 5.29. The lowest BCUT2D eigenvalue weighted by Crippen LogP contribution is -2.22. The number of hydrogen-bond acceptors (Lipinski definition) is 5. The average Bonchev–Trinajstić information content (AvgIpc) is 3.62. The fourth-order valence-corrected chi connectivity index (χ4v) is 5.03. The maximum Gasteiger partial charge on any atom is 0.303 e. The molecular weight excluding hydrogens is 456 g/mol. The van der Waals surface area contributed by atoms with Crippen LogP contribution >= 0.6 is 0 Å². The molecule has 2 atom stereocenters. The summed E-state index contributed by atoms with van der Waals surface area (Å²) in [5.74, 6) is -0.768. The van der Waals surface area contributed by atoms with Crippen molar-refractivity contribution < 1.29 is 29.2 Å². The maximum absolute atomic E-state index is 11.4. The van der Waals surface area contributed by atoms with Crippen molar-refractivity contribution in [1.82, 2.24) is 0 Å². The van der Waals surface area contributed by atoms with E-state index >= 15 is 0 Å². The molecule has 2 aliphatic rings. The molecular formula is C30H40O6. The van der Waals surface area contributed by atoms with E-state index in [1.54, 1.807) is 0 Å². The first-order chi connectivity index (χ1) is 17.2. The number of carboxylic acid groups (broad SMARTS) is 1. The van der Waals surface area contributed by atoms with Crippen LogP contribution in [0.2, 0.25) is 0 Å². The van der Waals surface area contributed by atoms with E-state index in [0.717, 1.165) is 73.8 Å². The van der Waals surface area contributed by atoms with E-state index in [2.05, 4.69) is 24.3 Å². The van der Waals surface area contributed by atoms with Crippen LogP contribution in [0, 0.1) is 5.41 Å². The van der Waals surface area contributed by atoms with Crippen LogP contribution in [0.3, 0.4) is 0 Å². The van der Waals surface area contributed by atoms with Crippen molar-refractivity contribution in [2.45, 2.75) is 89.8 Å². The van der Waals surface area contributed by atoms with Gasteiger partial charge in [-0.25, -0.2) is 0 Å². The Morgan fingerprint density at radius 1 is 1.17 bits per heavy atom. The molecule has 0 bridgehead atoms. The van der Waals surface area contributed by atoms with Crippen LogP contribution in [0.5, 0.6) is 0 Å². The molecule has 1 unspecified atom stereocenters. The van der Waals surface area contributed by atoms with Crippen molar-refractivity contribution in [3.05, 3.63) is 70.8 Å². The lowest BCUT2D eigenvalue weighted by atomic mass is 9.89. The summed E-state index contributed by atoms with van der Waals surface area (Å²) in [7, 11) is 0. The van der Waals surface area contributed by atoms with Gasteiger partial charge in [-0.3, -0.25) is 4.79 Å². The first-order valence-electron chi connectivity index (χ1n) is 13.2. The molecule has 196 valence electrons. The van der Waals surface area contributed by atoms with Gasteiger partial charge in [0.2, 0.25) is 0 Å². The van der Waals surface area contributed by atoms with E-state index in [-0.39, 0.29) is 24.2 Å². The van der Waals surface area contributed by atoms with Gasteiger partial charge in [-0.05, 0) is 81.0 Å². The summed E-state index contributed by atoms with van der Waals surface area (Å²) in [5, 5.41) is 20.0. The number of carboxylic acids is 1. The Morgan fingerprint density at radius 2 is 1.97 bits per heavy atom. The number of aliphatic carboxylic acids is 1. The first kappa shape index (κ1) is 26.8. The number of rotatable bonds is 13. The monoisotopic (exact) mass is 496 g/mol. The van der Waals surface area contributed by atoms with Gasteiger partial charge in [0.1, 0.15) is 0 Å². The van der Waals surface area contributed by atoms with Gasteiger partial charge < -0.3 is 24.4 Å². The molecule has 4 rings (SSSR count). The van der Waals surface area contributed by atoms with Crippen LogP contribution in [0.1, 0.15) is 87.2 Å². The maximum atomic E-state index is 11.4. The third-order valence-corrected chi connectivity index (χ3v) is 7.32. The highest BCUT2D eigenvalue weighted by Crippen LogP contribution is 2.50. The lowest BCUT2D eigenvalue weighted by Gasteiger charge is -2.25. The minimum Gasteiger partial charge on any atom is -0.481 e. The number of hydrogen-bond donors (Lipinski definition) is 2. The SMILES string of the molecule is CC(C)(O)c1ccccc1CC[C@@H](OCC1(CC(=O)O)CC1)c1cccc(COC2CCCCO2)c1. The molecule has 2 N–H and O–H groups in total. The summed E-state index contributed by atoms with van der Waals surface area (Å²) in [6, 6.07) is 16.3. The molecule has 1 saturated heterocycles. The van der Waals surface area contributed by atoms with Crippen molar-refractivity contribution in [2.24, 2.45) is 5.41 Å². The zero-order chi connectivity index (χ0) is 25.6. The largest absolute Gasteiger partial charge is 0.481 e. The minimum absolute atomic E-state index is 0.140. The van der Waals surface area contributed by atoms with Gasteiger partial charge in [-0.15, -0.1) is 0 Å². The second-order valence-electron chi connectivity index (χ2n) is 11.0. The zero-order valence-electron chi connectivity index (χ0n) is 21.6. The predicted octanol–water partition coefficient (Wildman–Crippen LogP) is 5.90. The molecule has 0 aromatic heterocycles. The third-order valence-electron chi connectivity index (χ3n) is 7.32. The summed E-state index contributed by atoms with van der Waals surface area (Å²) in [4.78, 5) is 11.4. The van der Waals surface area contributed by atoms with Crippen molar-refractivity contribution in [3.63, 3.8) is 0 Å². The minimum atomic E-state index is -0.926. The third kappa shape index (κ3) is 7.62. The fraction of sp³-hybridized carbons (Fsp3) is 0.567. The molecule has 36 heavy (non-hydrogen) atoms. The van der Waals surface area contributed by atoms with Crippen molar-refractivity contribution >= 4 is 5.97 Å². The van der Waals surface area contributed by atoms with Crippen LogP contribution in [-0.2, 0) is 37.6 Å². The number of aryl methyl sites for hydroxylation is 1. The first-order valence-corrected chi connectivity index (χ1v) is 13.2. The molecule has 0 amide bonds. The molecule has 1 heterocycles. The molecule has 0 spiro atoms.